The summed E-state index contributed by atoms with van der Waals surface area (Å²) in [5.41, 5.74) is 1.63. The fraction of sp³-hybridized carbons (Fsp3) is 0.571. The molecule has 1 aromatic carbocycles. The number of halogens is 1. The first-order chi connectivity index (χ1) is 13.6. The Morgan fingerprint density at radius 1 is 1.07 bits per heavy atom. The highest BCUT2D eigenvalue weighted by molar-refractivity contribution is 6.05. The van der Waals surface area contributed by atoms with Crippen LogP contribution in [0.25, 0.3) is 0 Å². The number of rotatable bonds is 2. The Morgan fingerprint density at radius 2 is 1.76 bits per heavy atom. The number of carbonyl (C=O) groups excluding carboxylic acids is 3. The van der Waals surface area contributed by atoms with E-state index in [2.05, 4.69) is 31.0 Å². The minimum Gasteiger partial charge on any atom is -0.367 e. The Balaban J connectivity index is 1.53. The summed E-state index contributed by atoms with van der Waals surface area (Å²) in [7, 11) is 0. The van der Waals surface area contributed by atoms with Crippen LogP contribution < -0.4 is 10.2 Å². The van der Waals surface area contributed by atoms with E-state index in [0.717, 1.165) is 31.7 Å². The molecule has 2 fully saturated rings. The number of fused-ring (bicyclic) bond motifs is 1. The van der Waals surface area contributed by atoms with Crippen molar-refractivity contribution in [3.8, 4) is 0 Å². The highest BCUT2D eigenvalue weighted by Gasteiger charge is 2.40. The van der Waals surface area contributed by atoms with Crippen LogP contribution >= 0.6 is 0 Å². The topological polar surface area (TPSA) is 73.0 Å². The first-order valence-corrected chi connectivity index (χ1v) is 10.1. The summed E-state index contributed by atoms with van der Waals surface area (Å²) < 4.78 is 14.9. The molecule has 1 aromatic rings. The zero-order valence-electron chi connectivity index (χ0n) is 17.1. The van der Waals surface area contributed by atoms with Gasteiger partial charge in [0.1, 0.15) is 11.9 Å². The molecule has 4 rings (SSSR count). The minimum atomic E-state index is -0.686. The van der Waals surface area contributed by atoms with Crippen molar-refractivity contribution >= 4 is 23.4 Å². The molecular formula is C21H27FN4O3. The second-order valence-corrected chi connectivity index (χ2v) is 9.01. The molecule has 0 radical (unpaired) electrons. The average molecular weight is 402 g/mol. The van der Waals surface area contributed by atoms with Gasteiger partial charge < -0.3 is 9.80 Å². The second kappa shape index (κ2) is 7.09. The first-order valence-electron chi connectivity index (χ1n) is 10.1. The molecule has 1 unspecified atom stereocenters. The summed E-state index contributed by atoms with van der Waals surface area (Å²) in [6, 6.07) is 2.37. The van der Waals surface area contributed by atoms with E-state index in [-0.39, 0.29) is 30.3 Å². The third-order valence-corrected chi connectivity index (χ3v) is 6.16. The molecular weight excluding hydrogens is 375 g/mol. The van der Waals surface area contributed by atoms with E-state index in [9.17, 15) is 18.8 Å². The van der Waals surface area contributed by atoms with Crippen LogP contribution in [0.1, 0.15) is 49.5 Å². The summed E-state index contributed by atoms with van der Waals surface area (Å²) >= 11 is 0. The van der Waals surface area contributed by atoms with Gasteiger partial charge in [0.2, 0.25) is 11.8 Å². The maximum Gasteiger partial charge on any atom is 0.255 e. The number of hydrogen-bond donors (Lipinski definition) is 1. The number of carbonyl (C=O) groups is 3. The van der Waals surface area contributed by atoms with Gasteiger partial charge >= 0.3 is 0 Å². The zero-order valence-corrected chi connectivity index (χ0v) is 17.1. The maximum atomic E-state index is 14.9. The van der Waals surface area contributed by atoms with E-state index < -0.39 is 17.8 Å². The molecule has 0 bridgehead atoms. The molecule has 0 saturated carbocycles. The Labute approximate surface area is 169 Å². The molecule has 3 amide bonds. The number of piperidine rings is 1. The van der Waals surface area contributed by atoms with Crippen LogP contribution in [0.2, 0.25) is 0 Å². The van der Waals surface area contributed by atoms with E-state index in [1.807, 2.05) is 4.90 Å². The molecule has 8 heteroatoms. The molecule has 0 spiro atoms. The monoisotopic (exact) mass is 402 g/mol. The average Bonchev–Trinajstić information content (AvgIpc) is 2.96. The van der Waals surface area contributed by atoms with Crippen LogP contribution in [0.3, 0.4) is 0 Å². The van der Waals surface area contributed by atoms with Crippen molar-refractivity contribution in [1.29, 1.82) is 0 Å². The molecule has 2 saturated heterocycles. The van der Waals surface area contributed by atoms with Gasteiger partial charge in [-0.05, 0) is 44.9 Å². The lowest BCUT2D eigenvalue weighted by Crippen LogP contribution is -2.53. The number of nitrogens with zero attached hydrogens (tertiary/aromatic N) is 3. The molecule has 156 valence electrons. The number of nitrogens with one attached hydrogen (secondary N) is 1. The predicted octanol–water partition coefficient (Wildman–Crippen LogP) is 1.51. The summed E-state index contributed by atoms with van der Waals surface area (Å²) in [4.78, 5) is 42.2. The van der Waals surface area contributed by atoms with Crippen LogP contribution in [-0.2, 0) is 16.1 Å². The standard InChI is InChI=1S/C21H27FN4O3/c1-21(2,3)25-8-6-24(7-9-25)17-10-13-12-26(20(29)14(13)11-15(17)22)16-4-5-18(27)23-19(16)28/h10-11,16H,4-9,12H2,1-3H3,(H,23,27,28). The van der Waals surface area contributed by atoms with Crippen LogP contribution in [0.4, 0.5) is 10.1 Å². The van der Waals surface area contributed by atoms with Gasteiger partial charge in [0.25, 0.3) is 5.91 Å². The van der Waals surface area contributed by atoms with Gasteiger partial charge in [-0.3, -0.25) is 24.6 Å². The van der Waals surface area contributed by atoms with Crippen molar-refractivity contribution in [2.24, 2.45) is 0 Å². The SMILES string of the molecule is CC(C)(C)N1CCN(c2cc3c(cc2F)C(=O)N(C2CCC(=O)NC2=O)C3)CC1. The number of hydrogen-bond acceptors (Lipinski definition) is 5. The van der Waals surface area contributed by atoms with E-state index in [1.54, 1.807) is 6.07 Å². The maximum absolute atomic E-state index is 14.9. The molecule has 3 heterocycles. The van der Waals surface area contributed by atoms with Crippen LogP contribution in [-0.4, -0.2) is 65.3 Å². The first kappa shape index (κ1) is 19.8. The number of amides is 3. The highest BCUT2D eigenvalue weighted by atomic mass is 19.1. The fourth-order valence-corrected chi connectivity index (χ4v) is 4.44. The summed E-state index contributed by atoms with van der Waals surface area (Å²) in [6.45, 7) is 9.92. The predicted molar refractivity (Wildman–Crippen MR) is 106 cm³/mol. The smallest absolute Gasteiger partial charge is 0.255 e. The van der Waals surface area contributed by atoms with Crippen LogP contribution in [0, 0.1) is 5.82 Å². The Bertz CT molecular complexity index is 871. The normalized spacial score (nSPS) is 23.4. The molecule has 1 atom stereocenters. The van der Waals surface area contributed by atoms with Crippen molar-refractivity contribution in [3.05, 3.63) is 29.1 Å². The molecule has 29 heavy (non-hydrogen) atoms. The molecule has 3 aliphatic heterocycles. The van der Waals surface area contributed by atoms with Gasteiger partial charge in [-0.25, -0.2) is 4.39 Å². The second-order valence-electron chi connectivity index (χ2n) is 9.01. The molecule has 0 aromatic heterocycles. The summed E-state index contributed by atoms with van der Waals surface area (Å²) in [6.07, 6.45) is 0.503. The van der Waals surface area contributed by atoms with Crippen LogP contribution in [0.5, 0.6) is 0 Å². The van der Waals surface area contributed by atoms with Crippen molar-refractivity contribution in [1.82, 2.24) is 15.1 Å². The third kappa shape index (κ3) is 3.61. The van der Waals surface area contributed by atoms with Gasteiger partial charge in [-0.15, -0.1) is 0 Å². The van der Waals surface area contributed by atoms with Gasteiger partial charge in [-0.2, -0.15) is 0 Å². The molecule has 1 N–H and O–H groups in total. The van der Waals surface area contributed by atoms with Gasteiger partial charge in [0, 0.05) is 50.2 Å². The van der Waals surface area contributed by atoms with Crippen molar-refractivity contribution in [2.75, 3.05) is 31.1 Å². The number of benzene rings is 1. The highest BCUT2D eigenvalue weighted by Crippen LogP contribution is 2.33. The van der Waals surface area contributed by atoms with Gasteiger partial charge in [-0.1, -0.05) is 0 Å². The number of anilines is 1. The lowest BCUT2D eigenvalue weighted by molar-refractivity contribution is -0.136. The largest absolute Gasteiger partial charge is 0.367 e. The third-order valence-electron chi connectivity index (χ3n) is 6.16. The quantitative estimate of drug-likeness (QED) is 0.760. The van der Waals surface area contributed by atoms with Crippen LogP contribution in [0.15, 0.2) is 12.1 Å². The Hall–Kier alpha value is -2.48. The summed E-state index contributed by atoms with van der Waals surface area (Å²) in [5.74, 6) is -1.54. The summed E-state index contributed by atoms with van der Waals surface area (Å²) in [5, 5.41) is 2.29. The van der Waals surface area contributed by atoms with Crippen molar-refractivity contribution in [2.45, 2.75) is 51.7 Å². The van der Waals surface area contributed by atoms with Gasteiger partial charge in [0.15, 0.2) is 0 Å². The van der Waals surface area contributed by atoms with Crippen molar-refractivity contribution < 1.29 is 18.8 Å². The lowest BCUT2D eigenvalue weighted by Gasteiger charge is -2.43. The number of piperazine rings is 1. The zero-order chi connectivity index (χ0) is 20.9. The Morgan fingerprint density at radius 3 is 2.38 bits per heavy atom. The van der Waals surface area contributed by atoms with E-state index in [1.165, 1.54) is 11.0 Å². The number of imide groups is 1. The van der Waals surface area contributed by atoms with E-state index in [0.29, 0.717) is 17.7 Å². The van der Waals surface area contributed by atoms with Gasteiger partial charge in [0.05, 0.1) is 5.69 Å². The molecule has 7 nitrogen and oxygen atoms in total. The minimum absolute atomic E-state index is 0.0808. The fourth-order valence-electron chi connectivity index (χ4n) is 4.44. The Kier molecular flexibility index (Phi) is 4.85. The van der Waals surface area contributed by atoms with E-state index >= 15 is 0 Å². The van der Waals surface area contributed by atoms with E-state index in [4.69, 9.17) is 0 Å². The molecule has 0 aliphatic carbocycles. The lowest BCUT2D eigenvalue weighted by atomic mass is 10.0. The van der Waals surface area contributed by atoms with Crippen molar-refractivity contribution in [3.63, 3.8) is 0 Å². The molecule has 3 aliphatic rings.